The molecule has 1 amide bonds. The van der Waals surface area contributed by atoms with Crippen LogP contribution in [0.5, 0.6) is 11.5 Å². The van der Waals surface area contributed by atoms with Gasteiger partial charge in [-0.2, -0.15) is 5.26 Å². The normalized spacial score (nSPS) is 11.9. The number of nitrogens with zero attached hydrogens (tertiary/aromatic N) is 1. The van der Waals surface area contributed by atoms with Crippen molar-refractivity contribution in [3.8, 4) is 17.6 Å². The Morgan fingerprint density at radius 1 is 1.28 bits per heavy atom. The zero-order valence-electron chi connectivity index (χ0n) is 16.0. The number of hydrogen-bond donors (Lipinski definition) is 2. The van der Waals surface area contributed by atoms with E-state index in [2.05, 4.69) is 5.32 Å². The Kier molecular flexibility index (Phi) is 7.23. The van der Waals surface area contributed by atoms with E-state index in [-0.39, 0.29) is 17.1 Å². The van der Waals surface area contributed by atoms with Crippen LogP contribution in [0.4, 0.5) is 5.69 Å². The monoisotopic (exact) mass is 414 g/mol. The minimum Gasteiger partial charge on any atom is -0.493 e. The van der Waals surface area contributed by atoms with E-state index in [4.69, 9.17) is 26.2 Å². The molecule has 1 atom stereocenters. The first-order valence-corrected chi connectivity index (χ1v) is 8.91. The maximum absolute atomic E-state index is 12.6. The standard InChI is InChI=1S/C21H19ClN2O5/c1-12-16(22)7-5-8-17(12)24-20(25)15(11-23)10-14-6-4-9-18(28-3)19(14)29-13(2)21(26)27/h4-10,13H,1-3H3,(H,24,25)(H,26,27)/b15-10-/t13-/m1/s1. The van der Waals surface area contributed by atoms with Crippen LogP contribution in [-0.4, -0.2) is 30.2 Å². The van der Waals surface area contributed by atoms with Gasteiger partial charge in [0.2, 0.25) is 0 Å². The summed E-state index contributed by atoms with van der Waals surface area (Å²) < 4.78 is 10.7. The molecule has 0 aliphatic carbocycles. The number of amides is 1. The lowest BCUT2D eigenvalue weighted by Gasteiger charge is -2.16. The van der Waals surface area contributed by atoms with Gasteiger partial charge in [-0.15, -0.1) is 0 Å². The summed E-state index contributed by atoms with van der Waals surface area (Å²) in [6.07, 6.45) is 0.147. The number of carboxylic acid groups (broad SMARTS) is 1. The third-order valence-corrected chi connectivity index (χ3v) is 4.46. The van der Waals surface area contributed by atoms with Crippen molar-refractivity contribution in [3.63, 3.8) is 0 Å². The SMILES string of the molecule is COc1cccc(/C=C(/C#N)C(=O)Nc2cccc(Cl)c2C)c1O[C@H](C)C(=O)O. The van der Waals surface area contributed by atoms with Crippen LogP contribution in [-0.2, 0) is 9.59 Å². The maximum atomic E-state index is 12.6. The largest absolute Gasteiger partial charge is 0.493 e. The number of nitrogens with one attached hydrogen (secondary N) is 1. The number of aliphatic carboxylic acids is 1. The second kappa shape index (κ2) is 9.62. The summed E-state index contributed by atoms with van der Waals surface area (Å²) in [5.41, 5.74) is 1.27. The molecule has 0 saturated heterocycles. The first-order chi connectivity index (χ1) is 13.8. The van der Waals surface area contributed by atoms with Gasteiger partial charge in [0, 0.05) is 16.3 Å². The molecule has 0 aliphatic rings. The number of anilines is 1. The molecule has 8 heteroatoms. The highest BCUT2D eigenvalue weighted by Gasteiger charge is 2.19. The molecular formula is C21H19ClN2O5. The third-order valence-electron chi connectivity index (χ3n) is 4.05. The van der Waals surface area contributed by atoms with Gasteiger partial charge in [0.1, 0.15) is 11.6 Å². The van der Waals surface area contributed by atoms with Gasteiger partial charge < -0.3 is 19.9 Å². The van der Waals surface area contributed by atoms with Crippen LogP contribution < -0.4 is 14.8 Å². The maximum Gasteiger partial charge on any atom is 0.344 e. The number of para-hydroxylation sites is 1. The molecule has 0 aromatic heterocycles. The fourth-order valence-electron chi connectivity index (χ4n) is 2.40. The first-order valence-electron chi connectivity index (χ1n) is 8.53. The van der Waals surface area contributed by atoms with Gasteiger partial charge in [0.25, 0.3) is 5.91 Å². The summed E-state index contributed by atoms with van der Waals surface area (Å²) in [6.45, 7) is 3.11. The summed E-state index contributed by atoms with van der Waals surface area (Å²) in [5, 5.41) is 21.7. The molecule has 2 aromatic rings. The second-order valence-electron chi connectivity index (χ2n) is 6.01. The lowest BCUT2D eigenvalue weighted by atomic mass is 10.1. The Bertz CT molecular complexity index is 1010. The van der Waals surface area contributed by atoms with Crippen LogP contribution in [0, 0.1) is 18.3 Å². The Morgan fingerprint density at radius 2 is 1.97 bits per heavy atom. The van der Waals surface area contributed by atoms with E-state index in [0.717, 1.165) is 0 Å². The number of rotatable bonds is 7. The Morgan fingerprint density at radius 3 is 2.59 bits per heavy atom. The summed E-state index contributed by atoms with van der Waals surface area (Å²) >= 11 is 6.06. The summed E-state index contributed by atoms with van der Waals surface area (Å²) in [4.78, 5) is 23.8. The van der Waals surface area contributed by atoms with Crippen LogP contribution in [0.2, 0.25) is 5.02 Å². The molecule has 0 spiro atoms. The van der Waals surface area contributed by atoms with E-state index in [1.165, 1.54) is 20.1 Å². The molecular weight excluding hydrogens is 396 g/mol. The molecule has 0 fully saturated rings. The van der Waals surface area contributed by atoms with Gasteiger partial charge >= 0.3 is 5.97 Å². The van der Waals surface area contributed by atoms with Crippen LogP contribution >= 0.6 is 11.6 Å². The van der Waals surface area contributed by atoms with Crippen LogP contribution in [0.1, 0.15) is 18.1 Å². The van der Waals surface area contributed by atoms with Gasteiger partial charge in [0.15, 0.2) is 17.6 Å². The summed E-state index contributed by atoms with van der Waals surface area (Å²) in [6, 6.07) is 11.7. The first kappa shape index (κ1) is 21.8. The molecule has 0 aliphatic heterocycles. The Labute approximate surface area is 173 Å². The summed E-state index contributed by atoms with van der Waals surface area (Å²) in [5.74, 6) is -1.42. The molecule has 29 heavy (non-hydrogen) atoms. The van der Waals surface area contributed by atoms with Gasteiger partial charge in [-0.05, 0) is 43.7 Å². The van der Waals surface area contributed by atoms with Gasteiger partial charge in [-0.25, -0.2) is 4.79 Å². The van der Waals surface area contributed by atoms with Gasteiger partial charge in [-0.1, -0.05) is 29.8 Å². The molecule has 7 nitrogen and oxygen atoms in total. The van der Waals surface area contributed by atoms with Crippen molar-refractivity contribution in [2.45, 2.75) is 20.0 Å². The Balaban J connectivity index is 2.42. The zero-order chi connectivity index (χ0) is 21.6. The van der Waals surface area contributed by atoms with Crippen molar-refractivity contribution in [2.24, 2.45) is 0 Å². The molecule has 2 N–H and O–H groups in total. The average Bonchev–Trinajstić information content (AvgIpc) is 2.70. The van der Waals surface area contributed by atoms with Crippen LogP contribution in [0.15, 0.2) is 42.0 Å². The highest BCUT2D eigenvalue weighted by atomic mass is 35.5. The van der Waals surface area contributed by atoms with Crippen molar-refractivity contribution < 1.29 is 24.2 Å². The number of ether oxygens (including phenoxy) is 2. The van der Waals surface area contributed by atoms with Gasteiger partial charge in [0.05, 0.1) is 7.11 Å². The van der Waals surface area contributed by atoms with E-state index in [1.807, 2.05) is 6.07 Å². The lowest BCUT2D eigenvalue weighted by Crippen LogP contribution is -2.23. The van der Waals surface area contributed by atoms with Crippen LogP contribution in [0.3, 0.4) is 0 Å². The van der Waals surface area contributed by atoms with Crippen molar-refractivity contribution in [1.29, 1.82) is 5.26 Å². The lowest BCUT2D eigenvalue weighted by molar-refractivity contribution is -0.144. The predicted molar refractivity (Wildman–Crippen MR) is 109 cm³/mol. The van der Waals surface area contributed by atoms with E-state index < -0.39 is 18.0 Å². The number of methoxy groups -OCH3 is 1. The topological polar surface area (TPSA) is 109 Å². The third kappa shape index (κ3) is 5.27. The van der Waals surface area contributed by atoms with E-state index in [9.17, 15) is 14.9 Å². The second-order valence-corrected chi connectivity index (χ2v) is 6.42. The van der Waals surface area contributed by atoms with Crippen molar-refractivity contribution in [2.75, 3.05) is 12.4 Å². The zero-order valence-corrected chi connectivity index (χ0v) is 16.8. The Hall–Kier alpha value is -3.50. The van der Waals surface area contributed by atoms with Crippen molar-refractivity contribution in [3.05, 3.63) is 58.1 Å². The molecule has 0 saturated carbocycles. The minimum atomic E-state index is -1.17. The molecule has 2 rings (SSSR count). The van der Waals surface area contributed by atoms with E-state index >= 15 is 0 Å². The number of carbonyl (C=O) groups excluding carboxylic acids is 1. The number of hydrogen-bond acceptors (Lipinski definition) is 5. The number of halogens is 1. The predicted octanol–water partition coefficient (Wildman–Crippen LogP) is 4.05. The number of benzene rings is 2. The fourth-order valence-corrected chi connectivity index (χ4v) is 2.57. The number of carboxylic acids is 1. The molecule has 0 radical (unpaired) electrons. The molecule has 0 bridgehead atoms. The molecule has 2 aromatic carbocycles. The van der Waals surface area contributed by atoms with E-state index in [1.54, 1.807) is 43.3 Å². The smallest absolute Gasteiger partial charge is 0.344 e. The quantitative estimate of drug-likeness (QED) is 0.522. The number of nitriles is 1. The average molecular weight is 415 g/mol. The van der Waals surface area contributed by atoms with Gasteiger partial charge in [-0.3, -0.25) is 4.79 Å². The highest BCUT2D eigenvalue weighted by Crippen LogP contribution is 2.33. The fraction of sp³-hybridized carbons (Fsp3) is 0.190. The molecule has 0 unspecified atom stereocenters. The highest BCUT2D eigenvalue weighted by molar-refractivity contribution is 6.31. The molecule has 150 valence electrons. The van der Waals surface area contributed by atoms with E-state index in [0.29, 0.717) is 21.8 Å². The van der Waals surface area contributed by atoms with Crippen molar-refractivity contribution >= 4 is 35.2 Å². The molecule has 0 heterocycles. The van der Waals surface area contributed by atoms with Crippen molar-refractivity contribution in [1.82, 2.24) is 0 Å². The summed E-state index contributed by atoms with van der Waals surface area (Å²) in [7, 11) is 1.40. The van der Waals surface area contributed by atoms with Crippen LogP contribution in [0.25, 0.3) is 6.08 Å². The minimum absolute atomic E-state index is 0.115. The number of carbonyl (C=O) groups is 2.